The number of ether oxygens (including phenoxy) is 2. The fraction of sp³-hybridized carbons (Fsp3) is 0.500. The Bertz CT molecular complexity index is 669. The number of benzene rings is 1. The molecule has 8 heteroatoms. The maximum atomic E-state index is 11.6. The molecule has 1 aliphatic heterocycles. The van der Waals surface area contributed by atoms with Gasteiger partial charge in [-0.1, -0.05) is 33.2 Å². The van der Waals surface area contributed by atoms with Crippen LogP contribution in [0.3, 0.4) is 0 Å². The van der Waals surface area contributed by atoms with Crippen molar-refractivity contribution in [2.75, 3.05) is 6.61 Å². The van der Waals surface area contributed by atoms with Crippen LogP contribution in [0.15, 0.2) is 36.4 Å². The molecule has 0 amide bonds. The topological polar surface area (TPSA) is 65.0 Å². The van der Waals surface area contributed by atoms with Gasteiger partial charge in [-0.05, 0) is 32.3 Å². The van der Waals surface area contributed by atoms with Crippen molar-refractivity contribution in [3.8, 4) is 5.75 Å². The Morgan fingerprint density at radius 2 is 2.35 bits per heavy atom. The van der Waals surface area contributed by atoms with Crippen LogP contribution in [0.4, 0.5) is 0 Å². The molecule has 1 N–H and O–H groups in total. The van der Waals surface area contributed by atoms with Crippen LogP contribution in [-0.4, -0.2) is 43.6 Å². The van der Waals surface area contributed by atoms with Gasteiger partial charge < -0.3 is 19.1 Å². The maximum absolute atomic E-state index is 11.6. The number of hydrogen-bond donors (Lipinski definition) is 1. The van der Waals surface area contributed by atoms with Crippen LogP contribution < -0.4 is 4.74 Å². The van der Waals surface area contributed by atoms with Gasteiger partial charge in [0.15, 0.2) is 7.57 Å². The third kappa shape index (κ3) is 5.07. The summed E-state index contributed by atoms with van der Waals surface area (Å²) in [7, 11) is 4.15. The van der Waals surface area contributed by atoms with E-state index >= 15 is 0 Å². The Kier molecular flexibility index (Phi) is 6.74. The fourth-order valence-electron chi connectivity index (χ4n) is 3.69. The highest BCUT2D eigenvalue weighted by Gasteiger charge is 2.49. The first-order valence-electron chi connectivity index (χ1n) is 8.83. The predicted octanol–water partition coefficient (Wildman–Crippen LogP) is 2.36. The van der Waals surface area contributed by atoms with Gasteiger partial charge in [0, 0.05) is 18.3 Å². The lowest BCUT2D eigenvalue weighted by molar-refractivity contribution is -0.141. The van der Waals surface area contributed by atoms with Gasteiger partial charge in [0.1, 0.15) is 24.6 Å². The molecule has 26 heavy (non-hydrogen) atoms. The van der Waals surface area contributed by atoms with Crippen LogP contribution in [0.25, 0.3) is 0 Å². The van der Waals surface area contributed by atoms with E-state index in [-0.39, 0.29) is 36.6 Å². The molecule has 2 aliphatic rings. The van der Waals surface area contributed by atoms with Crippen LogP contribution in [0, 0.1) is 18.8 Å². The number of esters is 1. The van der Waals surface area contributed by atoms with E-state index in [2.05, 4.69) is 8.93 Å². The number of fused-ring (bicyclic) bond motifs is 1. The molecule has 140 valence electrons. The van der Waals surface area contributed by atoms with Crippen molar-refractivity contribution in [3.05, 3.63) is 42.0 Å². The lowest BCUT2D eigenvalue weighted by atomic mass is 9.91. The zero-order valence-electron chi connectivity index (χ0n) is 15.1. The summed E-state index contributed by atoms with van der Waals surface area (Å²) in [5.41, 5.74) is 1.11. The monoisotopic (exact) mass is 394 g/mol. The zero-order valence-corrected chi connectivity index (χ0v) is 17.1. The molecule has 1 heterocycles. The lowest BCUT2D eigenvalue weighted by Crippen LogP contribution is -2.21. The predicted molar refractivity (Wildman–Crippen MR) is 108 cm³/mol. The van der Waals surface area contributed by atoms with Gasteiger partial charge in [-0.25, -0.2) is 0 Å². The van der Waals surface area contributed by atoms with Crippen LogP contribution in [0.2, 0.25) is 0 Å². The normalized spacial score (nSPS) is 30.2. The first kappa shape index (κ1) is 19.8. The van der Waals surface area contributed by atoms with Crippen molar-refractivity contribution < 1.29 is 23.9 Å². The summed E-state index contributed by atoms with van der Waals surface area (Å²) in [6.45, 7) is 2.19. The zero-order chi connectivity index (χ0) is 18.7. The van der Waals surface area contributed by atoms with Gasteiger partial charge >= 0.3 is 5.97 Å². The Morgan fingerprint density at radius 3 is 3.08 bits per heavy atom. The number of carbonyl (C=O) groups excluding carboxylic acids is 1. The number of aliphatic hydroxyl groups is 1. The molecule has 0 radical (unpaired) electrons. The molecule has 0 bridgehead atoms. The number of aliphatic hydroxyl groups excluding tert-OH is 1. The summed E-state index contributed by atoms with van der Waals surface area (Å²) in [6.07, 6.45) is 4.12. The van der Waals surface area contributed by atoms with Crippen molar-refractivity contribution in [1.29, 1.82) is 0 Å². The second-order valence-corrected chi connectivity index (χ2v) is 10.5. The highest BCUT2D eigenvalue weighted by Crippen LogP contribution is 2.50. The van der Waals surface area contributed by atoms with Crippen molar-refractivity contribution in [3.63, 3.8) is 0 Å². The largest absolute Gasteiger partial charge is 0.491 e. The SMILES string of the molecule is BP(P)O[C@@H]1C[C@@H]2OC(=O)C[C@@H]2[C@H]1/C=C/[C@@H](O)COc1cccc(C)c1. The van der Waals surface area contributed by atoms with Crippen molar-refractivity contribution in [2.24, 2.45) is 11.8 Å². The molecule has 1 aromatic carbocycles. The van der Waals surface area contributed by atoms with Crippen LogP contribution in [0.5, 0.6) is 5.75 Å². The minimum Gasteiger partial charge on any atom is -0.491 e. The van der Waals surface area contributed by atoms with E-state index in [4.69, 9.17) is 14.0 Å². The number of carbonyl (C=O) groups is 1. The van der Waals surface area contributed by atoms with E-state index in [0.29, 0.717) is 6.42 Å². The molecular weight excluding hydrogens is 369 g/mol. The van der Waals surface area contributed by atoms with Crippen LogP contribution >= 0.6 is 16.6 Å². The second-order valence-electron chi connectivity index (χ2n) is 6.98. The Morgan fingerprint density at radius 1 is 1.54 bits per heavy atom. The van der Waals surface area contributed by atoms with E-state index in [1.165, 1.54) is 0 Å². The molecule has 5 nitrogen and oxygen atoms in total. The number of hydrogen-bond acceptors (Lipinski definition) is 5. The average molecular weight is 394 g/mol. The van der Waals surface area contributed by atoms with Crippen LogP contribution in [-0.2, 0) is 14.1 Å². The minimum absolute atomic E-state index is 0.0212. The number of aryl methyl sites for hydroxylation is 1. The molecule has 0 aromatic heterocycles. The van der Waals surface area contributed by atoms with E-state index < -0.39 is 13.8 Å². The Labute approximate surface area is 158 Å². The van der Waals surface area contributed by atoms with Crippen molar-refractivity contribution in [1.82, 2.24) is 0 Å². The summed E-state index contributed by atoms with van der Waals surface area (Å²) in [5, 5.41) is 10.2. The fourth-order valence-corrected chi connectivity index (χ4v) is 4.81. The van der Waals surface area contributed by atoms with Gasteiger partial charge in [-0.2, -0.15) is 0 Å². The molecule has 2 unspecified atom stereocenters. The lowest BCUT2D eigenvalue weighted by Gasteiger charge is -2.22. The van der Waals surface area contributed by atoms with E-state index in [9.17, 15) is 9.90 Å². The van der Waals surface area contributed by atoms with Gasteiger partial charge in [0.2, 0.25) is 0 Å². The maximum Gasteiger partial charge on any atom is 0.306 e. The average Bonchev–Trinajstić information content (AvgIpc) is 3.06. The third-order valence-corrected chi connectivity index (χ3v) is 5.79. The van der Waals surface area contributed by atoms with Crippen molar-refractivity contribution >= 4 is 30.2 Å². The Balaban J connectivity index is 1.59. The van der Waals surface area contributed by atoms with Crippen LogP contribution in [0.1, 0.15) is 18.4 Å². The first-order chi connectivity index (χ1) is 12.4. The first-order valence-corrected chi connectivity index (χ1v) is 12.2. The van der Waals surface area contributed by atoms with Gasteiger partial charge in [0.25, 0.3) is 0 Å². The summed E-state index contributed by atoms with van der Waals surface area (Å²) in [6, 6.07) is 7.74. The molecule has 0 spiro atoms. The van der Waals surface area contributed by atoms with Gasteiger partial charge in [-0.15, -0.1) is 0 Å². The summed E-state index contributed by atoms with van der Waals surface area (Å²) < 4.78 is 17.1. The highest BCUT2D eigenvalue weighted by atomic mass is 32.0. The Hall–Kier alpha value is -0.925. The highest BCUT2D eigenvalue weighted by molar-refractivity contribution is 8.23. The number of rotatable bonds is 7. The standard InChI is InChI=1S/C18H25BO5P2/c1-11-3-2-4-13(7-11)22-10-12(20)5-6-14-15-8-18(21)23-16(15)9-17(14)24-26(19)25/h2-7,12,14-17,20H,8-10,19,25H2,1H3/b6-5+/t12-,14-,15-,16+,17-,26?/m1/s1. The quantitative estimate of drug-likeness (QED) is 0.333. The molecule has 1 saturated carbocycles. The molecule has 2 fully saturated rings. The van der Waals surface area contributed by atoms with E-state index in [1.54, 1.807) is 6.08 Å². The molecular formula is C18H25BO5P2. The molecule has 1 aromatic rings. The second kappa shape index (κ2) is 8.84. The molecule has 3 rings (SSSR count). The summed E-state index contributed by atoms with van der Waals surface area (Å²) >= 11 is 0. The third-order valence-electron chi connectivity index (χ3n) is 4.82. The van der Waals surface area contributed by atoms with Gasteiger partial charge in [0.05, 0.1) is 12.5 Å². The molecule has 1 saturated heterocycles. The summed E-state index contributed by atoms with van der Waals surface area (Å²) in [5.74, 6) is 0.818. The molecule has 7 atom stereocenters. The van der Waals surface area contributed by atoms with Gasteiger partial charge in [-0.3, -0.25) is 4.79 Å². The van der Waals surface area contributed by atoms with Crippen molar-refractivity contribution in [2.45, 2.75) is 38.1 Å². The molecule has 1 aliphatic carbocycles. The smallest absolute Gasteiger partial charge is 0.306 e. The summed E-state index contributed by atoms with van der Waals surface area (Å²) in [4.78, 5) is 11.6. The van der Waals surface area contributed by atoms with E-state index in [0.717, 1.165) is 17.7 Å². The minimum atomic E-state index is -0.715. The van der Waals surface area contributed by atoms with E-state index in [1.807, 2.05) is 44.8 Å².